The molecule has 1 saturated heterocycles. The maximum atomic E-state index is 14.1. The van der Waals surface area contributed by atoms with Gasteiger partial charge in [-0.15, -0.1) is 0 Å². The molecule has 1 fully saturated rings. The van der Waals surface area contributed by atoms with Crippen molar-refractivity contribution in [1.29, 1.82) is 0 Å². The predicted molar refractivity (Wildman–Crippen MR) is 104 cm³/mol. The number of amides is 2. The quantitative estimate of drug-likeness (QED) is 0.754. The second-order valence-corrected chi connectivity index (χ2v) is 7.68. The third kappa shape index (κ3) is 3.62. The zero-order chi connectivity index (χ0) is 18.8. The Morgan fingerprint density at radius 2 is 1.78 bits per heavy atom. The van der Waals surface area contributed by atoms with Gasteiger partial charge in [0.05, 0.1) is 17.1 Å². The number of anilines is 1. The number of nitrogens with zero attached hydrogens (tertiary/aromatic N) is 2. The first-order chi connectivity index (χ1) is 13.1. The standard InChI is InChI=1S/C21H19FN2O2S/c22-16-8-2-1-7-15(16)14-24-17-9-3-4-10-18(17)27-19(21(24)26)13-20(25)23-11-5-6-12-23/h1-4,7-10,13H,5-6,11-12,14H2/b19-13+. The monoisotopic (exact) mass is 382 g/mol. The zero-order valence-corrected chi connectivity index (χ0v) is 15.5. The Kier molecular flexibility index (Phi) is 4.99. The number of halogens is 1. The summed E-state index contributed by atoms with van der Waals surface area (Å²) in [4.78, 5) is 30.2. The van der Waals surface area contributed by atoms with Gasteiger partial charge >= 0.3 is 0 Å². The smallest absolute Gasteiger partial charge is 0.265 e. The second kappa shape index (κ2) is 7.56. The summed E-state index contributed by atoms with van der Waals surface area (Å²) in [7, 11) is 0. The average molecular weight is 382 g/mol. The van der Waals surface area contributed by atoms with Crippen LogP contribution in [0, 0.1) is 5.82 Å². The highest BCUT2D eigenvalue weighted by Gasteiger charge is 2.31. The van der Waals surface area contributed by atoms with Crippen molar-refractivity contribution in [3.8, 4) is 0 Å². The first-order valence-electron chi connectivity index (χ1n) is 8.96. The topological polar surface area (TPSA) is 40.6 Å². The van der Waals surface area contributed by atoms with Crippen molar-refractivity contribution in [2.24, 2.45) is 0 Å². The highest BCUT2D eigenvalue weighted by Crippen LogP contribution is 2.42. The number of hydrogen-bond donors (Lipinski definition) is 0. The molecule has 0 bridgehead atoms. The van der Waals surface area contributed by atoms with Gasteiger partial charge in [0.1, 0.15) is 5.82 Å². The van der Waals surface area contributed by atoms with E-state index in [2.05, 4.69) is 0 Å². The Hall–Kier alpha value is -2.60. The van der Waals surface area contributed by atoms with Crippen LogP contribution in [-0.4, -0.2) is 29.8 Å². The zero-order valence-electron chi connectivity index (χ0n) is 14.7. The molecule has 4 rings (SSSR count). The molecule has 2 aliphatic rings. The van der Waals surface area contributed by atoms with Gasteiger partial charge in [-0.05, 0) is 31.0 Å². The summed E-state index contributed by atoms with van der Waals surface area (Å²) in [5.41, 5.74) is 1.18. The summed E-state index contributed by atoms with van der Waals surface area (Å²) in [6, 6.07) is 13.9. The van der Waals surface area contributed by atoms with Gasteiger partial charge in [0.2, 0.25) is 5.91 Å². The molecule has 2 aromatic rings. The number of likely N-dealkylation sites (tertiary alicyclic amines) is 1. The van der Waals surface area contributed by atoms with Gasteiger partial charge in [-0.1, -0.05) is 42.1 Å². The van der Waals surface area contributed by atoms with Crippen molar-refractivity contribution in [2.75, 3.05) is 18.0 Å². The maximum absolute atomic E-state index is 14.1. The van der Waals surface area contributed by atoms with Crippen molar-refractivity contribution in [3.05, 3.63) is 70.9 Å². The summed E-state index contributed by atoms with van der Waals surface area (Å²) in [5.74, 6) is -0.747. The van der Waals surface area contributed by atoms with Crippen LogP contribution in [-0.2, 0) is 16.1 Å². The summed E-state index contributed by atoms with van der Waals surface area (Å²) in [5, 5.41) is 0. The molecule has 27 heavy (non-hydrogen) atoms. The van der Waals surface area contributed by atoms with Gasteiger partial charge in [-0.2, -0.15) is 0 Å². The van der Waals surface area contributed by atoms with Gasteiger partial charge < -0.3 is 9.80 Å². The van der Waals surface area contributed by atoms with Crippen LogP contribution in [0.5, 0.6) is 0 Å². The SMILES string of the molecule is O=C(/C=C1/Sc2ccccc2N(Cc2ccccc2F)C1=O)N1CCCC1. The van der Waals surface area contributed by atoms with Gasteiger partial charge in [0, 0.05) is 29.6 Å². The second-order valence-electron chi connectivity index (χ2n) is 6.59. The molecular weight excluding hydrogens is 363 g/mol. The maximum Gasteiger partial charge on any atom is 0.265 e. The van der Waals surface area contributed by atoms with Gasteiger partial charge in [0.15, 0.2) is 0 Å². The molecule has 0 aliphatic carbocycles. The van der Waals surface area contributed by atoms with E-state index in [4.69, 9.17) is 0 Å². The third-order valence-corrected chi connectivity index (χ3v) is 5.87. The number of rotatable bonds is 3. The number of hydrogen-bond acceptors (Lipinski definition) is 3. The van der Waals surface area contributed by atoms with Gasteiger partial charge in [-0.3, -0.25) is 9.59 Å². The number of carbonyl (C=O) groups excluding carboxylic acids is 2. The van der Waals surface area contributed by atoms with Crippen LogP contribution >= 0.6 is 11.8 Å². The Bertz CT molecular complexity index is 922. The minimum absolute atomic E-state index is 0.123. The highest BCUT2D eigenvalue weighted by molar-refractivity contribution is 8.04. The Morgan fingerprint density at radius 3 is 2.56 bits per heavy atom. The highest BCUT2D eigenvalue weighted by atomic mass is 32.2. The van der Waals surface area contributed by atoms with E-state index in [0.29, 0.717) is 10.5 Å². The molecule has 0 saturated carbocycles. The lowest BCUT2D eigenvalue weighted by atomic mass is 10.1. The van der Waals surface area contributed by atoms with E-state index in [-0.39, 0.29) is 24.2 Å². The van der Waals surface area contributed by atoms with Crippen molar-refractivity contribution in [1.82, 2.24) is 4.90 Å². The Balaban J connectivity index is 1.68. The molecule has 0 unspecified atom stereocenters. The predicted octanol–water partition coefficient (Wildman–Crippen LogP) is 3.97. The summed E-state index contributed by atoms with van der Waals surface area (Å²) >= 11 is 1.30. The molecular formula is C21H19FN2O2S. The molecule has 0 spiro atoms. The van der Waals surface area contributed by atoms with E-state index < -0.39 is 0 Å². The van der Waals surface area contributed by atoms with Crippen LogP contribution in [0.25, 0.3) is 0 Å². The summed E-state index contributed by atoms with van der Waals surface area (Å²) in [6.07, 6.45) is 3.43. The number of para-hydroxylation sites is 1. The minimum Gasteiger partial charge on any atom is -0.339 e. The molecule has 2 heterocycles. The van der Waals surface area contributed by atoms with Crippen LogP contribution in [0.15, 0.2) is 64.4 Å². The van der Waals surface area contributed by atoms with Crippen molar-refractivity contribution < 1.29 is 14.0 Å². The van der Waals surface area contributed by atoms with E-state index in [1.54, 1.807) is 28.0 Å². The lowest BCUT2D eigenvalue weighted by molar-refractivity contribution is -0.125. The van der Waals surface area contributed by atoms with Gasteiger partial charge in [-0.25, -0.2) is 4.39 Å². The van der Waals surface area contributed by atoms with E-state index in [9.17, 15) is 14.0 Å². The molecule has 0 aromatic heterocycles. The Morgan fingerprint density at radius 1 is 1.07 bits per heavy atom. The van der Waals surface area contributed by atoms with E-state index in [1.807, 2.05) is 24.3 Å². The van der Waals surface area contributed by atoms with Crippen LogP contribution < -0.4 is 4.90 Å². The normalized spacial score (nSPS) is 18.1. The molecule has 2 amide bonds. The number of carbonyl (C=O) groups is 2. The lowest BCUT2D eigenvalue weighted by Gasteiger charge is -2.30. The van der Waals surface area contributed by atoms with Crippen LogP contribution in [0.2, 0.25) is 0 Å². The average Bonchev–Trinajstić information content (AvgIpc) is 3.21. The first-order valence-corrected chi connectivity index (χ1v) is 9.78. The fraction of sp³-hybridized carbons (Fsp3) is 0.238. The molecule has 0 radical (unpaired) electrons. The largest absolute Gasteiger partial charge is 0.339 e. The molecule has 6 heteroatoms. The van der Waals surface area contributed by atoms with Crippen LogP contribution in [0.3, 0.4) is 0 Å². The van der Waals surface area contributed by atoms with E-state index in [1.165, 1.54) is 23.9 Å². The Labute approximate surface area is 161 Å². The van der Waals surface area contributed by atoms with Crippen LogP contribution in [0.4, 0.5) is 10.1 Å². The molecule has 0 atom stereocenters. The van der Waals surface area contributed by atoms with Gasteiger partial charge in [0.25, 0.3) is 5.91 Å². The third-order valence-electron chi connectivity index (χ3n) is 4.79. The molecule has 138 valence electrons. The van der Waals surface area contributed by atoms with E-state index >= 15 is 0 Å². The minimum atomic E-state index is -0.348. The molecule has 4 nitrogen and oxygen atoms in total. The first kappa shape index (κ1) is 17.8. The fourth-order valence-corrected chi connectivity index (χ4v) is 4.38. The fourth-order valence-electron chi connectivity index (χ4n) is 3.36. The van der Waals surface area contributed by atoms with Crippen molar-refractivity contribution >= 4 is 29.3 Å². The number of thioether (sulfide) groups is 1. The molecule has 0 N–H and O–H groups in total. The van der Waals surface area contributed by atoms with Crippen molar-refractivity contribution in [3.63, 3.8) is 0 Å². The molecule has 2 aromatic carbocycles. The summed E-state index contributed by atoms with van der Waals surface area (Å²) < 4.78 is 14.1. The lowest BCUT2D eigenvalue weighted by Crippen LogP contribution is -2.35. The number of fused-ring (bicyclic) bond motifs is 1. The van der Waals surface area contributed by atoms with Crippen LogP contribution in [0.1, 0.15) is 18.4 Å². The summed E-state index contributed by atoms with van der Waals surface area (Å²) in [6.45, 7) is 1.59. The molecule has 2 aliphatic heterocycles. The number of benzene rings is 2. The van der Waals surface area contributed by atoms with E-state index in [0.717, 1.165) is 36.5 Å². The van der Waals surface area contributed by atoms with Crippen molar-refractivity contribution in [2.45, 2.75) is 24.3 Å².